The smallest absolute Gasteiger partial charge is 0.330 e. The number of anilines is 1. The molecular formula is C30H41N5O6S. The van der Waals surface area contributed by atoms with Gasteiger partial charge in [-0.05, 0) is 87.8 Å². The number of benzene rings is 1. The Labute approximate surface area is 247 Å². The second kappa shape index (κ2) is 14.1. The van der Waals surface area contributed by atoms with Gasteiger partial charge in [0.25, 0.3) is 0 Å². The summed E-state index contributed by atoms with van der Waals surface area (Å²) in [5.41, 5.74) is 3.91. The lowest BCUT2D eigenvalue weighted by Crippen LogP contribution is -2.59. The fourth-order valence-electron chi connectivity index (χ4n) is 5.16. The molecule has 1 aromatic carbocycles. The van der Waals surface area contributed by atoms with E-state index in [-0.39, 0.29) is 43.5 Å². The summed E-state index contributed by atoms with van der Waals surface area (Å²) in [4.78, 5) is 42.7. The van der Waals surface area contributed by atoms with Crippen molar-refractivity contribution in [2.45, 2.75) is 70.2 Å². The van der Waals surface area contributed by atoms with Gasteiger partial charge in [0.2, 0.25) is 21.8 Å². The van der Waals surface area contributed by atoms with Crippen LogP contribution in [0.1, 0.15) is 55.0 Å². The van der Waals surface area contributed by atoms with Crippen molar-refractivity contribution >= 4 is 33.6 Å². The highest BCUT2D eigenvalue weighted by Gasteiger charge is 2.41. The molecule has 0 radical (unpaired) electrons. The van der Waals surface area contributed by atoms with Gasteiger partial charge in [0.15, 0.2) is 0 Å². The maximum atomic E-state index is 13.0. The minimum atomic E-state index is -3.72. The number of fused-ring (bicyclic) bond motifs is 1. The van der Waals surface area contributed by atoms with Gasteiger partial charge in [0.1, 0.15) is 11.9 Å². The standard InChI is InChI=1S/C30H41N5O6S/c1-4-41-30(38)26(17-32-27(36)10-6-5-9-24-12-11-22-8-7-13-31-28(22)33-24)34-29(37)23-18-35(19-23)42(39,40)25-15-20(2)14-21(3)16-25/h11-12,14-16,23,26H,4-10,13,17-19H2,1-3H3,(H,31,33)(H,32,36)(H,34,37). The Morgan fingerprint density at radius 3 is 2.57 bits per heavy atom. The topological polar surface area (TPSA) is 147 Å². The number of aryl methyl sites for hydroxylation is 4. The number of esters is 1. The van der Waals surface area contributed by atoms with E-state index in [0.717, 1.165) is 54.9 Å². The molecule has 3 heterocycles. The molecule has 0 bridgehead atoms. The van der Waals surface area contributed by atoms with E-state index < -0.39 is 33.9 Å². The van der Waals surface area contributed by atoms with Crippen LogP contribution in [0.2, 0.25) is 0 Å². The van der Waals surface area contributed by atoms with E-state index in [9.17, 15) is 22.8 Å². The number of carbonyl (C=O) groups excluding carboxylic acids is 3. The van der Waals surface area contributed by atoms with Crippen molar-refractivity contribution in [2.24, 2.45) is 5.92 Å². The second-order valence-electron chi connectivity index (χ2n) is 11.0. The first-order valence-electron chi connectivity index (χ1n) is 14.6. The number of rotatable bonds is 13. The molecule has 42 heavy (non-hydrogen) atoms. The molecule has 1 atom stereocenters. The molecule has 0 saturated carbocycles. The van der Waals surface area contributed by atoms with Crippen molar-refractivity contribution in [1.82, 2.24) is 19.9 Å². The predicted octanol–water partition coefficient (Wildman–Crippen LogP) is 2.25. The SMILES string of the molecule is CCOC(=O)C(CNC(=O)CCCCc1ccc2c(n1)NCCC2)NC(=O)C1CN(S(=O)(=O)c2cc(C)cc(C)c2)C1. The van der Waals surface area contributed by atoms with E-state index in [4.69, 9.17) is 4.74 Å². The van der Waals surface area contributed by atoms with Crippen LogP contribution in [0.3, 0.4) is 0 Å². The van der Waals surface area contributed by atoms with Crippen molar-refractivity contribution < 1.29 is 27.5 Å². The van der Waals surface area contributed by atoms with Gasteiger partial charge >= 0.3 is 5.97 Å². The molecule has 11 nitrogen and oxygen atoms in total. The lowest BCUT2D eigenvalue weighted by molar-refractivity contribution is -0.148. The molecule has 1 aromatic heterocycles. The van der Waals surface area contributed by atoms with Gasteiger partial charge in [-0.25, -0.2) is 18.2 Å². The number of aromatic nitrogens is 1. The van der Waals surface area contributed by atoms with E-state index in [1.54, 1.807) is 19.1 Å². The van der Waals surface area contributed by atoms with Crippen LogP contribution in [0.15, 0.2) is 35.2 Å². The fraction of sp³-hybridized carbons (Fsp3) is 0.533. The monoisotopic (exact) mass is 599 g/mol. The van der Waals surface area contributed by atoms with Crippen LogP contribution in [0.4, 0.5) is 5.82 Å². The molecule has 3 N–H and O–H groups in total. The lowest BCUT2D eigenvalue weighted by Gasteiger charge is -2.37. The summed E-state index contributed by atoms with van der Waals surface area (Å²) < 4.78 is 32.3. The molecule has 228 valence electrons. The maximum Gasteiger partial charge on any atom is 0.330 e. The molecule has 4 rings (SSSR count). The van der Waals surface area contributed by atoms with E-state index >= 15 is 0 Å². The van der Waals surface area contributed by atoms with Crippen molar-refractivity contribution in [1.29, 1.82) is 0 Å². The number of nitrogens with zero attached hydrogens (tertiary/aromatic N) is 2. The molecule has 12 heteroatoms. The molecule has 0 aliphatic carbocycles. The van der Waals surface area contributed by atoms with Gasteiger partial charge < -0.3 is 20.7 Å². The van der Waals surface area contributed by atoms with Crippen molar-refractivity contribution in [3.05, 3.63) is 52.7 Å². The van der Waals surface area contributed by atoms with Crippen molar-refractivity contribution in [2.75, 3.05) is 38.1 Å². The second-order valence-corrected chi connectivity index (χ2v) is 12.9. The Bertz CT molecular complexity index is 1390. The zero-order valence-corrected chi connectivity index (χ0v) is 25.4. The number of nitrogens with one attached hydrogen (secondary N) is 3. The first-order chi connectivity index (χ1) is 20.1. The molecule has 1 fully saturated rings. The number of carbonyl (C=O) groups is 3. The van der Waals surface area contributed by atoms with E-state index in [0.29, 0.717) is 6.42 Å². The summed E-state index contributed by atoms with van der Waals surface area (Å²) in [5, 5.41) is 8.69. The highest BCUT2D eigenvalue weighted by molar-refractivity contribution is 7.89. The van der Waals surface area contributed by atoms with Crippen molar-refractivity contribution in [3.63, 3.8) is 0 Å². The molecule has 2 aliphatic rings. The third-order valence-electron chi connectivity index (χ3n) is 7.48. The molecule has 1 saturated heterocycles. The molecule has 2 aromatic rings. The maximum absolute atomic E-state index is 13.0. The van der Waals surface area contributed by atoms with Gasteiger partial charge in [-0.1, -0.05) is 12.1 Å². The quantitative estimate of drug-likeness (QED) is 0.235. The average molecular weight is 600 g/mol. The fourth-order valence-corrected chi connectivity index (χ4v) is 6.88. The van der Waals surface area contributed by atoms with E-state index in [2.05, 4.69) is 27.0 Å². The summed E-state index contributed by atoms with van der Waals surface area (Å²) in [6.45, 7) is 6.29. The highest BCUT2D eigenvalue weighted by Crippen LogP contribution is 2.27. The largest absolute Gasteiger partial charge is 0.464 e. The number of pyridine rings is 1. The minimum Gasteiger partial charge on any atom is -0.464 e. The predicted molar refractivity (Wildman–Crippen MR) is 158 cm³/mol. The summed E-state index contributed by atoms with van der Waals surface area (Å²) in [5.74, 6) is -0.988. The summed E-state index contributed by atoms with van der Waals surface area (Å²) >= 11 is 0. The zero-order chi connectivity index (χ0) is 30.3. The summed E-state index contributed by atoms with van der Waals surface area (Å²) in [7, 11) is -3.72. The molecular weight excluding hydrogens is 558 g/mol. The van der Waals surface area contributed by atoms with Gasteiger partial charge in [-0.15, -0.1) is 0 Å². The number of amides is 2. The van der Waals surface area contributed by atoms with Gasteiger partial charge in [-0.2, -0.15) is 4.31 Å². The van der Waals surface area contributed by atoms with E-state index in [1.807, 2.05) is 26.0 Å². The van der Waals surface area contributed by atoms with Gasteiger partial charge in [-0.3, -0.25) is 9.59 Å². The Kier molecular flexibility index (Phi) is 10.6. The Balaban J connectivity index is 1.22. The van der Waals surface area contributed by atoms with E-state index in [1.165, 1.54) is 9.87 Å². The zero-order valence-electron chi connectivity index (χ0n) is 24.6. The van der Waals surface area contributed by atoms with Crippen LogP contribution >= 0.6 is 0 Å². The van der Waals surface area contributed by atoms with Crippen LogP contribution in [0, 0.1) is 19.8 Å². The number of unbranched alkanes of at least 4 members (excludes halogenated alkanes) is 1. The van der Waals surface area contributed by atoms with Crippen LogP contribution in [-0.4, -0.2) is 74.3 Å². The Morgan fingerprint density at radius 1 is 1.12 bits per heavy atom. The normalized spacial score (nSPS) is 16.0. The molecule has 1 unspecified atom stereocenters. The summed E-state index contributed by atoms with van der Waals surface area (Å²) in [6.07, 6.45) is 4.64. The first-order valence-corrected chi connectivity index (χ1v) is 16.1. The molecule has 2 amide bonds. The highest BCUT2D eigenvalue weighted by atomic mass is 32.2. The average Bonchev–Trinajstić information content (AvgIpc) is 2.92. The Hall–Kier alpha value is -3.51. The van der Waals surface area contributed by atoms with Crippen LogP contribution in [0.25, 0.3) is 0 Å². The van der Waals surface area contributed by atoms with Gasteiger partial charge in [0, 0.05) is 38.3 Å². The van der Waals surface area contributed by atoms with Crippen LogP contribution in [0.5, 0.6) is 0 Å². The molecule has 2 aliphatic heterocycles. The number of hydrogen-bond donors (Lipinski definition) is 3. The van der Waals surface area contributed by atoms with Crippen LogP contribution in [-0.2, 0) is 42.0 Å². The van der Waals surface area contributed by atoms with Gasteiger partial charge in [0.05, 0.1) is 17.4 Å². The third-order valence-corrected chi connectivity index (χ3v) is 9.29. The third kappa shape index (κ3) is 8.07. The van der Waals surface area contributed by atoms with Crippen molar-refractivity contribution in [3.8, 4) is 0 Å². The number of ether oxygens (including phenoxy) is 1. The molecule has 0 spiro atoms. The van der Waals surface area contributed by atoms with Crippen LogP contribution < -0.4 is 16.0 Å². The number of hydrogen-bond acceptors (Lipinski definition) is 8. The summed E-state index contributed by atoms with van der Waals surface area (Å²) in [6, 6.07) is 8.20. The Morgan fingerprint density at radius 2 is 1.86 bits per heavy atom. The lowest BCUT2D eigenvalue weighted by atomic mass is 10.0. The minimum absolute atomic E-state index is 0.0121. The first kappa shape index (κ1) is 31.4. The number of sulfonamides is 1.